The summed E-state index contributed by atoms with van der Waals surface area (Å²) in [6, 6.07) is 6.94. The number of rotatable bonds is 8. The van der Waals surface area contributed by atoms with Gasteiger partial charge >= 0.3 is 5.97 Å². The van der Waals surface area contributed by atoms with Gasteiger partial charge in [-0.2, -0.15) is 0 Å². The quantitative estimate of drug-likeness (QED) is 0.655. The number of pyridine rings is 1. The van der Waals surface area contributed by atoms with Crippen molar-refractivity contribution in [3.63, 3.8) is 0 Å². The predicted molar refractivity (Wildman–Crippen MR) is 93.3 cm³/mol. The van der Waals surface area contributed by atoms with E-state index in [1.165, 1.54) is 12.1 Å². The van der Waals surface area contributed by atoms with Crippen LogP contribution in [0.4, 0.5) is 0 Å². The van der Waals surface area contributed by atoms with Crippen LogP contribution in [0.3, 0.4) is 0 Å². The van der Waals surface area contributed by atoms with Crippen molar-refractivity contribution in [2.45, 2.75) is 39.2 Å². The molecule has 1 atom stereocenters. The topological polar surface area (TPSA) is 114 Å². The van der Waals surface area contributed by atoms with E-state index in [2.05, 4.69) is 10.3 Å². The standard InChI is InChI=1S/C18H23N3O5/c1-12(2)11-14(18(25)26-21-16(23)8-9-17(21)24)20-15(22)7-6-13-5-3-4-10-19-13/h3-5,8-10,12,14,23-24H,6-7,11H2,1-2H3,(H,20,22)/t14-/m0/s1. The maximum Gasteiger partial charge on any atom is 0.355 e. The van der Waals surface area contributed by atoms with Gasteiger partial charge < -0.3 is 20.4 Å². The highest BCUT2D eigenvalue weighted by molar-refractivity contribution is 5.84. The summed E-state index contributed by atoms with van der Waals surface area (Å²) in [5, 5.41) is 21.8. The zero-order valence-corrected chi connectivity index (χ0v) is 14.8. The molecule has 2 aromatic heterocycles. The van der Waals surface area contributed by atoms with Crippen LogP contribution in [0.2, 0.25) is 0 Å². The van der Waals surface area contributed by atoms with Gasteiger partial charge in [0.2, 0.25) is 17.7 Å². The number of aromatic nitrogens is 2. The average Bonchev–Trinajstić information content (AvgIpc) is 2.92. The van der Waals surface area contributed by atoms with E-state index in [0.717, 1.165) is 5.69 Å². The lowest BCUT2D eigenvalue weighted by molar-refractivity contribution is -0.150. The van der Waals surface area contributed by atoms with Crippen LogP contribution in [-0.2, 0) is 16.0 Å². The Balaban J connectivity index is 1.97. The molecule has 3 N–H and O–H groups in total. The summed E-state index contributed by atoms with van der Waals surface area (Å²) in [5.74, 6) is -1.79. The van der Waals surface area contributed by atoms with Crippen LogP contribution in [0.25, 0.3) is 0 Å². The van der Waals surface area contributed by atoms with Gasteiger partial charge in [-0.05, 0) is 30.9 Å². The Morgan fingerprint density at radius 2 is 1.88 bits per heavy atom. The van der Waals surface area contributed by atoms with Crippen molar-refractivity contribution in [1.82, 2.24) is 15.0 Å². The molecule has 1 amide bonds. The summed E-state index contributed by atoms with van der Waals surface area (Å²) in [7, 11) is 0. The summed E-state index contributed by atoms with van der Waals surface area (Å²) < 4.78 is 0.607. The molecular formula is C18H23N3O5. The first-order valence-corrected chi connectivity index (χ1v) is 8.38. The van der Waals surface area contributed by atoms with Crippen LogP contribution >= 0.6 is 0 Å². The number of nitrogens with one attached hydrogen (secondary N) is 1. The molecule has 0 aliphatic heterocycles. The molecule has 2 rings (SSSR count). The molecule has 0 bridgehead atoms. The molecule has 26 heavy (non-hydrogen) atoms. The lowest BCUT2D eigenvalue weighted by Crippen LogP contribution is -2.45. The molecule has 0 saturated heterocycles. The maximum atomic E-state index is 12.4. The smallest absolute Gasteiger partial charge is 0.355 e. The van der Waals surface area contributed by atoms with Gasteiger partial charge in [-0.1, -0.05) is 19.9 Å². The van der Waals surface area contributed by atoms with Crippen molar-refractivity contribution in [2.24, 2.45) is 5.92 Å². The van der Waals surface area contributed by atoms with Gasteiger partial charge in [-0.15, -0.1) is 4.73 Å². The van der Waals surface area contributed by atoms with Gasteiger partial charge in [0, 0.05) is 30.4 Å². The number of carbonyl (C=O) groups excluding carboxylic acids is 2. The van der Waals surface area contributed by atoms with Crippen LogP contribution in [0.15, 0.2) is 36.5 Å². The monoisotopic (exact) mass is 361 g/mol. The Kier molecular flexibility index (Phi) is 6.60. The van der Waals surface area contributed by atoms with E-state index in [9.17, 15) is 19.8 Å². The Labute approximate surface area is 151 Å². The summed E-state index contributed by atoms with van der Waals surface area (Å²) in [4.78, 5) is 33.7. The molecule has 2 aromatic rings. The molecule has 0 radical (unpaired) electrons. The minimum atomic E-state index is -0.896. The fraction of sp³-hybridized carbons (Fsp3) is 0.389. The third kappa shape index (κ3) is 5.51. The minimum Gasteiger partial charge on any atom is -0.492 e. The average molecular weight is 361 g/mol. The van der Waals surface area contributed by atoms with Gasteiger partial charge in [0.1, 0.15) is 6.04 Å². The molecule has 0 aliphatic rings. The highest BCUT2D eigenvalue weighted by Crippen LogP contribution is 2.19. The van der Waals surface area contributed by atoms with Crippen LogP contribution in [0.1, 0.15) is 32.4 Å². The second-order valence-corrected chi connectivity index (χ2v) is 6.33. The van der Waals surface area contributed by atoms with E-state index < -0.39 is 23.8 Å². The predicted octanol–water partition coefficient (Wildman–Crippen LogP) is 1.41. The largest absolute Gasteiger partial charge is 0.492 e. The number of nitrogens with zero attached hydrogens (tertiary/aromatic N) is 2. The minimum absolute atomic E-state index is 0.121. The van der Waals surface area contributed by atoms with Gasteiger partial charge in [-0.3, -0.25) is 9.78 Å². The van der Waals surface area contributed by atoms with Gasteiger partial charge in [0.15, 0.2) is 0 Å². The normalized spacial score (nSPS) is 12.0. The maximum absolute atomic E-state index is 12.4. The lowest BCUT2D eigenvalue weighted by Gasteiger charge is -2.19. The Morgan fingerprint density at radius 3 is 2.46 bits per heavy atom. The number of carbonyl (C=O) groups is 2. The van der Waals surface area contributed by atoms with Gasteiger partial charge in [-0.25, -0.2) is 4.79 Å². The van der Waals surface area contributed by atoms with Gasteiger partial charge in [0.25, 0.3) is 0 Å². The van der Waals surface area contributed by atoms with Crippen molar-refractivity contribution >= 4 is 11.9 Å². The van der Waals surface area contributed by atoms with Crippen molar-refractivity contribution in [3.05, 3.63) is 42.2 Å². The molecular weight excluding hydrogens is 338 g/mol. The third-order valence-corrected chi connectivity index (χ3v) is 3.64. The molecule has 0 aromatic carbocycles. The molecule has 0 aliphatic carbocycles. The molecule has 0 spiro atoms. The molecule has 2 heterocycles. The lowest BCUT2D eigenvalue weighted by atomic mass is 10.0. The fourth-order valence-corrected chi connectivity index (χ4v) is 2.39. The number of hydrogen-bond acceptors (Lipinski definition) is 6. The van der Waals surface area contributed by atoms with Crippen LogP contribution in [-0.4, -0.2) is 37.8 Å². The zero-order valence-electron chi connectivity index (χ0n) is 14.8. The molecule has 0 unspecified atom stereocenters. The summed E-state index contributed by atoms with van der Waals surface area (Å²) >= 11 is 0. The highest BCUT2D eigenvalue weighted by Gasteiger charge is 2.25. The first-order valence-electron chi connectivity index (χ1n) is 8.38. The number of aryl methyl sites for hydroxylation is 1. The zero-order chi connectivity index (χ0) is 19.1. The Hall–Kier alpha value is -3.03. The van der Waals surface area contributed by atoms with E-state index in [1.54, 1.807) is 12.3 Å². The molecule has 0 fully saturated rings. The highest BCUT2D eigenvalue weighted by atomic mass is 16.7. The molecule has 0 saturated carbocycles. The van der Waals surface area contributed by atoms with E-state index in [1.807, 2.05) is 26.0 Å². The summed E-state index contributed by atoms with van der Waals surface area (Å²) in [5.41, 5.74) is 0.785. The van der Waals surface area contributed by atoms with E-state index in [-0.39, 0.29) is 18.2 Å². The van der Waals surface area contributed by atoms with Crippen molar-refractivity contribution in [2.75, 3.05) is 0 Å². The fourth-order valence-electron chi connectivity index (χ4n) is 2.39. The summed E-state index contributed by atoms with van der Waals surface area (Å²) in [6.45, 7) is 3.82. The van der Waals surface area contributed by atoms with Crippen LogP contribution in [0.5, 0.6) is 11.8 Å². The van der Waals surface area contributed by atoms with E-state index in [0.29, 0.717) is 17.6 Å². The third-order valence-electron chi connectivity index (χ3n) is 3.64. The van der Waals surface area contributed by atoms with Crippen LogP contribution < -0.4 is 10.2 Å². The van der Waals surface area contributed by atoms with Crippen molar-refractivity contribution < 1.29 is 24.6 Å². The second-order valence-electron chi connectivity index (χ2n) is 6.33. The van der Waals surface area contributed by atoms with Crippen LogP contribution in [0, 0.1) is 5.92 Å². The number of aromatic hydroxyl groups is 2. The molecule has 140 valence electrons. The molecule has 8 nitrogen and oxygen atoms in total. The first kappa shape index (κ1) is 19.3. The Morgan fingerprint density at radius 1 is 1.19 bits per heavy atom. The van der Waals surface area contributed by atoms with E-state index >= 15 is 0 Å². The number of hydrogen-bond donors (Lipinski definition) is 3. The number of amides is 1. The van der Waals surface area contributed by atoms with Crippen molar-refractivity contribution in [3.8, 4) is 11.8 Å². The first-order chi connectivity index (χ1) is 12.4. The SMILES string of the molecule is CC(C)C[C@H](NC(=O)CCc1ccccn1)C(=O)On1c(O)ccc1O. The van der Waals surface area contributed by atoms with Crippen molar-refractivity contribution in [1.29, 1.82) is 0 Å². The van der Waals surface area contributed by atoms with Gasteiger partial charge in [0.05, 0.1) is 0 Å². The van der Waals surface area contributed by atoms with E-state index in [4.69, 9.17) is 4.84 Å². The Bertz CT molecular complexity index is 723. The summed E-state index contributed by atoms with van der Waals surface area (Å²) in [6.07, 6.45) is 2.65. The second kappa shape index (κ2) is 8.89. The molecule has 8 heteroatoms.